The molecule has 1 aromatic rings. The summed E-state index contributed by atoms with van der Waals surface area (Å²) in [7, 11) is 3.12. The van der Waals surface area contributed by atoms with E-state index < -0.39 is 6.61 Å². The van der Waals surface area contributed by atoms with Gasteiger partial charge in [0.2, 0.25) is 0 Å². The molecule has 2 rings (SSSR count). The zero-order chi connectivity index (χ0) is 17.4. The van der Waals surface area contributed by atoms with E-state index in [1.54, 1.807) is 19.2 Å². The van der Waals surface area contributed by atoms with Crippen molar-refractivity contribution >= 4 is 5.96 Å². The first kappa shape index (κ1) is 18.3. The molecule has 0 spiro atoms. The van der Waals surface area contributed by atoms with Crippen LogP contribution in [-0.2, 0) is 11.3 Å². The Kier molecular flexibility index (Phi) is 7.05. The fraction of sp³-hybridized carbons (Fsp3) is 0.562. The molecular weight excluding hydrogens is 320 g/mol. The summed E-state index contributed by atoms with van der Waals surface area (Å²) in [6.45, 7) is -1.16. The van der Waals surface area contributed by atoms with Gasteiger partial charge in [-0.05, 0) is 25.0 Å². The maximum absolute atomic E-state index is 12.6. The van der Waals surface area contributed by atoms with Crippen LogP contribution in [0.4, 0.5) is 8.78 Å². The van der Waals surface area contributed by atoms with Crippen molar-refractivity contribution in [3.63, 3.8) is 0 Å². The van der Waals surface area contributed by atoms with Gasteiger partial charge in [-0.15, -0.1) is 0 Å². The van der Waals surface area contributed by atoms with E-state index in [-0.39, 0.29) is 18.4 Å². The van der Waals surface area contributed by atoms with Crippen LogP contribution in [0, 0.1) is 0 Å². The average molecular weight is 343 g/mol. The van der Waals surface area contributed by atoms with Gasteiger partial charge in [-0.25, -0.2) is 0 Å². The van der Waals surface area contributed by atoms with Crippen LogP contribution >= 0.6 is 0 Å². The predicted octanol–water partition coefficient (Wildman–Crippen LogP) is 2.14. The summed E-state index contributed by atoms with van der Waals surface area (Å²) in [6.07, 6.45) is 2.27. The minimum atomic E-state index is -2.90. The summed E-state index contributed by atoms with van der Waals surface area (Å²) in [4.78, 5) is 4.11. The molecule has 8 heteroatoms. The Bertz CT molecular complexity index is 549. The molecule has 0 aromatic heterocycles. The number of methoxy groups -OCH3 is 1. The number of guanidine groups is 1. The summed E-state index contributed by atoms with van der Waals surface area (Å²) < 4.78 is 40.3. The van der Waals surface area contributed by atoms with Crippen LogP contribution in [0.2, 0.25) is 0 Å². The molecule has 1 aliphatic rings. The zero-order valence-corrected chi connectivity index (χ0v) is 13.9. The predicted molar refractivity (Wildman–Crippen MR) is 86.8 cm³/mol. The minimum Gasteiger partial charge on any atom is -0.497 e. The molecule has 0 amide bonds. The minimum absolute atomic E-state index is 0.0754. The van der Waals surface area contributed by atoms with Gasteiger partial charge < -0.3 is 24.8 Å². The molecule has 1 fully saturated rings. The number of hydrogen-bond donors (Lipinski definition) is 2. The second kappa shape index (κ2) is 9.27. The number of ether oxygens (including phenoxy) is 3. The van der Waals surface area contributed by atoms with E-state index in [2.05, 4.69) is 20.4 Å². The summed E-state index contributed by atoms with van der Waals surface area (Å²) in [6, 6.07) is 4.81. The van der Waals surface area contributed by atoms with Gasteiger partial charge in [0.15, 0.2) is 5.96 Å². The SMILES string of the molecule is CN=C(NCc1ccc(OC)cc1OC(F)F)NCC1CCCO1. The maximum atomic E-state index is 12.6. The van der Waals surface area contributed by atoms with E-state index in [0.29, 0.717) is 23.8 Å². The molecule has 1 aromatic carbocycles. The summed E-state index contributed by atoms with van der Waals surface area (Å²) >= 11 is 0. The van der Waals surface area contributed by atoms with Crippen molar-refractivity contribution in [1.82, 2.24) is 10.6 Å². The molecule has 1 saturated heterocycles. The topological polar surface area (TPSA) is 64.1 Å². The largest absolute Gasteiger partial charge is 0.497 e. The lowest BCUT2D eigenvalue weighted by Gasteiger charge is -2.17. The lowest BCUT2D eigenvalue weighted by atomic mass is 10.2. The van der Waals surface area contributed by atoms with Crippen LogP contribution in [0.3, 0.4) is 0 Å². The fourth-order valence-electron chi connectivity index (χ4n) is 2.43. The Labute approximate surface area is 140 Å². The lowest BCUT2D eigenvalue weighted by Crippen LogP contribution is -2.40. The highest BCUT2D eigenvalue weighted by molar-refractivity contribution is 5.79. The first-order chi connectivity index (χ1) is 11.6. The van der Waals surface area contributed by atoms with E-state index in [1.165, 1.54) is 13.2 Å². The monoisotopic (exact) mass is 343 g/mol. The third kappa shape index (κ3) is 5.52. The van der Waals surface area contributed by atoms with Crippen LogP contribution in [0.25, 0.3) is 0 Å². The first-order valence-electron chi connectivity index (χ1n) is 7.80. The number of nitrogens with zero attached hydrogens (tertiary/aromatic N) is 1. The van der Waals surface area contributed by atoms with E-state index >= 15 is 0 Å². The van der Waals surface area contributed by atoms with Crippen molar-refractivity contribution in [2.75, 3.05) is 27.3 Å². The number of benzene rings is 1. The van der Waals surface area contributed by atoms with Gasteiger partial charge in [0.05, 0.1) is 13.2 Å². The quantitative estimate of drug-likeness (QED) is 0.587. The van der Waals surface area contributed by atoms with Crippen molar-refractivity contribution in [2.24, 2.45) is 4.99 Å². The highest BCUT2D eigenvalue weighted by atomic mass is 19.3. The molecule has 1 unspecified atom stereocenters. The number of aliphatic imine (C=N–C) groups is 1. The molecule has 134 valence electrons. The van der Waals surface area contributed by atoms with Crippen molar-refractivity contribution in [3.05, 3.63) is 23.8 Å². The highest BCUT2D eigenvalue weighted by Gasteiger charge is 2.16. The zero-order valence-electron chi connectivity index (χ0n) is 13.9. The van der Waals surface area contributed by atoms with E-state index in [0.717, 1.165) is 19.4 Å². The molecule has 1 atom stereocenters. The number of halogens is 2. The van der Waals surface area contributed by atoms with Gasteiger partial charge in [0.25, 0.3) is 0 Å². The average Bonchev–Trinajstić information content (AvgIpc) is 3.09. The molecule has 1 heterocycles. The van der Waals surface area contributed by atoms with Gasteiger partial charge in [0, 0.05) is 38.4 Å². The van der Waals surface area contributed by atoms with Gasteiger partial charge in [-0.2, -0.15) is 8.78 Å². The lowest BCUT2D eigenvalue weighted by molar-refractivity contribution is -0.0505. The van der Waals surface area contributed by atoms with Crippen LogP contribution in [0.15, 0.2) is 23.2 Å². The number of nitrogens with one attached hydrogen (secondary N) is 2. The Hall–Kier alpha value is -2.09. The molecule has 6 nitrogen and oxygen atoms in total. The van der Waals surface area contributed by atoms with Gasteiger partial charge in [0.1, 0.15) is 11.5 Å². The van der Waals surface area contributed by atoms with Crippen molar-refractivity contribution in [3.8, 4) is 11.5 Å². The van der Waals surface area contributed by atoms with E-state index in [1.807, 2.05) is 0 Å². The van der Waals surface area contributed by atoms with E-state index in [9.17, 15) is 8.78 Å². The Morgan fingerprint density at radius 1 is 1.42 bits per heavy atom. The second-order valence-electron chi connectivity index (χ2n) is 5.29. The van der Waals surface area contributed by atoms with E-state index in [4.69, 9.17) is 9.47 Å². The molecule has 0 bridgehead atoms. The molecule has 0 aliphatic carbocycles. The molecule has 0 saturated carbocycles. The third-order valence-corrected chi connectivity index (χ3v) is 3.68. The van der Waals surface area contributed by atoms with Crippen LogP contribution in [0.1, 0.15) is 18.4 Å². The normalized spacial score (nSPS) is 17.9. The number of hydrogen-bond acceptors (Lipinski definition) is 4. The molecule has 1 aliphatic heterocycles. The molecule has 24 heavy (non-hydrogen) atoms. The van der Waals surface area contributed by atoms with Crippen LogP contribution < -0.4 is 20.1 Å². The van der Waals surface area contributed by atoms with Gasteiger partial charge >= 0.3 is 6.61 Å². The molecule has 2 N–H and O–H groups in total. The Balaban J connectivity index is 1.93. The Morgan fingerprint density at radius 3 is 2.88 bits per heavy atom. The second-order valence-corrected chi connectivity index (χ2v) is 5.29. The standard InChI is InChI=1S/C16H23F2N3O3/c1-19-16(21-10-13-4-3-7-23-13)20-9-11-5-6-12(22-2)8-14(11)24-15(17)18/h5-6,8,13,15H,3-4,7,9-10H2,1-2H3,(H2,19,20,21). The third-order valence-electron chi connectivity index (χ3n) is 3.68. The van der Waals surface area contributed by atoms with Crippen molar-refractivity contribution in [2.45, 2.75) is 32.1 Å². The number of alkyl halides is 2. The highest BCUT2D eigenvalue weighted by Crippen LogP contribution is 2.26. The number of rotatable bonds is 7. The molecular formula is C16H23F2N3O3. The summed E-state index contributed by atoms with van der Waals surface area (Å²) in [5, 5.41) is 6.24. The fourth-order valence-corrected chi connectivity index (χ4v) is 2.43. The summed E-state index contributed by atoms with van der Waals surface area (Å²) in [5.74, 6) is 1.10. The Morgan fingerprint density at radius 2 is 2.25 bits per heavy atom. The van der Waals surface area contributed by atoms with Crippen molar-refractivity contribution in [1.29, 1.82) is 0 Å². The first-order valence-corrected chi connectivity index (χ1v) is 7.80. The molecule has 0 radical (unpaired) electrons. The van der Waals surface area contributed by atoms with Gasteiger partial charge in [-0.3, -0.25) is 4.99 Å². The maximum Gasteiger partial charge on any atom is 0.387 e. The van der Waals surface area contributed by atoms with Crippen LogP contribution in [-0.4, -0.2) is 46.0 Å². The van der Waals surface area contributed by atoms with Crippen molar-refractivity contribution < 1.29 is 23.0 Å². The summed E-state index contributed by atoms with van der Waals surface area (Å²) in [5.41, 5.74) is 0.580. The van der Waals surface area contributed by atoms with Crippen LogP contribution in [0.5, 0.6) is 11.5 Å². The van der Waals surface area contributed by atoms with Gasteiger partial charge in [-0.1, -0.05) is 0 Å². The smallest absolute Gasteiger partial charge is 0.387 e.